The monoisotopic (exact) mass is 442 g/mol. The summed E-state index contributed by atoms with van der Waals surface area (Å²) in [5.41, 5.74) is 1.92. The van der Waals surface area contributed by atoms with Crippen LogP contribution in [-0.4, -0.2) is 29.2 Å². The summed E-state index contributed by atoms with van der Waals surface area (Å²) in [5, 5.41) is 0. The average Bonchev–Trinajstić information content (AvgIpc) is 3.19. The smallest absolute Gasteiger partial charge is 0.416 e. The van der Waals surface area contributed by atoms with E-state index in [2.05, 4.69) is 4.98 Å². The highest BCUT2D eigenvalue weighted by Gasteiger charge is 2.30. The fourth-order valence-electron chi connectivity index (χ4n) is 3.61. The Balaban J connectivity index is 1.39. The van der Waals surface area contributed by atoms with Crippen molar-refractivity contribution in [2.75, 3.05) is 13.4 Å². The van der Waals surface area contributed by atoms with Gasteiger partial charge in [-0.15, -0.1) is 0 Å². The van der Waals surface area contributed by atoms with Gasteiger partial charge in [0.15, 0.2) is 18.1 Å². The van der Waals surface area contributed by atoms with Crippen LogP contribution in [0.1, 0.15) is 16.8 Å². The standard InChI is InChI=1S/C23H17F3N2O4/c24-23(25,26)16-4-1-14(2-5-16)10-28-11-18-19(30-12-22(28)29)8-6-17(27-18)15-3-7-20-21(9-15)32-13-31-20/h1-9H,10-13H2. The van der Waals surface area contributed by atoms with Crippen molar-refractivity contribution in [3.63, 3.8) is 0 Å². The molecule has 0 atom stereocenters. The molecule has 0 unspecified atom stereocenters. The first kappa shape index (κ1) is 20.2. The van der Waals surface area contributed by atoms with E-state index in [0.717, 1.165) is 17.7 Å². The number of fused-ring (bicyclic) bond motifs is 2. The lowest BCUT2D eigenvalue weighted by molar-refractivity contribution is -0.137. The van der Waals surface area contributed by atoms with Gasteiger partial charge < -0.3 is 19.1 Å². The summed E-state index contributed by atoms with van der Waals surface area (Å²) in [4.78, 5) is 18.8. The van der Waals surface area contributed by atoms with E-state index < -0.39 is 11.7 Å². The van der Waals surface area contributed by atoms with Crippen molar-refractivity contribution in [1.82, 2.24) is 9.88 Å². The molecule has 0 radical (unpaired) electrons. The van der Waals surface area contributed by atoms with Gasteiger partial charge in [0.25, 0.3) is 5.91 Å². The van der Waals surface area contributed by atoms with E-state index in [1.165, 1.54) is 17.0 Å². The number of carbonyl (C=O) groups excluding carboxylic acids is 1. The lowest BCUT2D eigenvalue weighted by Crippen LogP contribution is -2.32. The molecular weight excluding hydrogens is 425 g/mol. The summed E-state index contributed by atoms with van der Waals surface area (Å²) in [6, 6.07) is 13.8. The molecule has 0 saturated heterocycles. The van der Waals surface area contributed by atoms with Crippen LogP contribution < -0.4 is 14.2 Å². The molecule has 6 nitrogen and oxygen atoms in total. The highest BCUT2D eigenvalue weighted by molar-refractivity contribution is 5.78. The molecule has 164 valence electrons. The number of ether oxygens (including phenoxy) is 3. The van der Waals surface area contributed by atoms with Crippen LogP contribution in [-0.2, 0) is 24.1 Å². The molecule has 0 N–H and O–H groups in total. The van der Waals surface area contributed by atoms with Gasteiger partial charge in [-0.25, -0.2) is 4.98 Å². The Morgan fingerprint density at radius 2 is 1.66 bits per heavy atom. The lowest BCUT2D eigenvalue weighted by atomic mass is 10.1. The minimum absolute atomic E-state index is 0.149. The fraction of sp³-hybridized carbons (Fsp3) is 0.217. The maximum absolute atomic E-state index is 12.8. The Hall–Kier alpha value is -3.75. The number of benzene rings is 2. The topological polar surface area (TPSA) is 60.9 Å². The Morgan fingerprint density at radius 3 is 2.44 bits per heavy atom. The number of alkyl halides is 3. The maximum Gasteiger partial charge on any atom is 0.416 e. The number of carbonyl (C=O) groups is 1. The molecule has 3 aromatic rings. The van der Waals surface area contributed by atoms with E-state index in [-0.39, 0.29) is 32.4 Å². The van der Waals surface area contributed by atoms with Crippen molar-refractivity contribution in [2.45, 2.75) is 19.3 Å². The molecule has 9 heteroatoms. The molecule has 2 aliphatic heterocycles. The zero-order valence-electron chi connectivity index (χ0n) is 16.7. The second-order valence-corrected chi connectivity index (χ2v) is 7.44. The van der Waals surface area contributed by atoms with Gasteiger partial charge in [-0.05, 0) is 48.0 Å². The quantitative estimate of drug-likeness (QED) is 0.601. The van der Waals surface area contributed by atoms with Gasteiger partial charge in [0.1, 0.15) is 11.4 Å². The van der Waals surface area contributed by atoms with Crippen LogP contribution in [0.15, 0.2) is 54.6 Å². The molecule has 32 heavy (non-hydrogen) atoms. The number of hydrogen-bond acceptors (Lipinski definition) is 5. The molecule has 1 amide bonds. The van der Waals surface area contributed by atoms with Crippen molar-refractivity contribution in [2.24, 2.45) is 0 Å². The van der Waals surface area contributed by atoms with Gasteiger partial charge in [0.2, 0.25) is 6.79 Å². The van der Waals surface area contributed by atoms with Crippen LogP contribution in [0.4, 0.5) is 13.2 Å². The molecule has 3 heterocycles. The summed E-state index contributed by atoms with van der Waals surface area (Å²) >= 11 is 0. The van der Waals surface area contributed by atoms with E-state index in [0.29, 0.717) is 34.2 Å². The first-order valence-electron chi connectivity index (χ1n) is 9.83. The van der Waals surface area contributed by atoms with Crippen LogP contribution >= 0.6 is 0 Å². The number of pyridine rings is 1. The zero-order valence-corrected chi connectivity index (χ0v) is 16.7. The second kappa shape index (κ2) is 7.74. The van der Waals surface area contributed by atoms with Crippen LogP contribution in [0.25, 0.3) is 11.3 Å². The SMILES string of the molecule is O=C1COc2ccc(-c3ccc4c(c3)OCO4)nc2CN1Cc1ccc(C(F)(F)F)cc1. The maximum atomic E-state index is 12.8. The second-order valence-electron chi connectivity index (χ2n) is 7.44. The molecule has 5 rings (SSSR count). The van der Waals surface area contributed by atoms with E-state index in [1.54, 1.807) is 12.1 Å². The average molecular weight is 442 g/mol. The number of hydrogen-bond donors (Lipinski definition) is 0. The summed E-state index contributed by atoms with van der Waals surface area (Å²) < 4.78 is 54.8. The summed E-state index contributed by atoms with van der Waals surface area (Å²) in [6.45, 7) is 0.327. The Labute approximate surface area is 181 Å². The minimum atomic E-state index is -4.40. The molecule has 2 aliphatic rings. The lowest BCUT2D eigenvalue weighted by Gasteiger charge is -2.20. The molecule has 0 fully saturated rings. The van der Waals surface area contributed by atoms with Crippen LogP contribution in [0.3, 0.4) is 0 Å². The summed E-state index contributed by atoms with van der Waals surface area (Å²) in [7, 11) is 0. The van der Waals surface area contributed by atoms with Crippen molar-refractivity contribution in [3.8, 4) is 28.5 Å². The van der Waals surface area contributed by atoms with Gasteiger partial charge in [-0.1, -0.05) is 12.1 Å². The molecule has 0 saturated carbocycles. The molecule has 0 aliphatic carbocycles. The molecular formula is C23H17F3N2O4. The molecule has 2 aromatic carbocycles. The third-order valence-electron chi connectivity index (χ3n) is 5.30. The van der Waals surface area contributed by atoms with E-state index in [4.69, 9.17) is 14.2 Å². The zero-order chi connectivity index (χ0) is 22.3. The number of aromatic nitrogens is 1. The summed E-state index contributed by atoms with van der Waals surface area (Å²) in [5.74, 6) is 1.53. The van der Waals surface area contributed by atoms with Crippen LogP contribution in [0.5, 0.6) is 17.2 Å². The first-order chi connectivity index (χ1) is 15.4. The third-order valence-corrected chi connectivity index (χ3v) is 5.30. The Morgan fingerprint density at radius 1 is 0.906 bits per heavy atom. The number of nitrogens with zero attached hydrogens (tertiary/aromatic N) is 2. The van der Waals surface area contributed by atoms with E-state index in [1.807, 2.05) is 18.2 Å². The van der Waals surface area contributed by atoms with E-state index in [9.17, 15) is 18.0 Å². The highest BCUT2D eigenvalue weighted by Crippen LogP contribution is 2.36. The number of amides is 1. The van der Waals surface area contributed by atoms with Crippen molar-refractivity contribution >= 4 is 5.91 Å². The third kappa shape index (κ3) is 3.93. The minimum Gasteiger partial charge on any atom is -0.482 e. The molecule has 1 aromatic heterocycles. The normalized spacial score (nSPS) is 15.2. The van der Waals surface area contributed by atoms with E-state index >= 15 is 0 Å². The van der Waals surface area contributed by atoms with Crippen LogP contribution in [0.2, 0.25) is 0 Å². The van der Waals surface area contributed by atoms with Gasteiger partial charge in [-0.3, -0.25) is 4.79 Å². The summed E-state index contributed by atoms with van der Waals surface area (Å²) in [6.07, 6.45) is -4.40. The predicted octanol–water partition coefficient (Wildman–Crippen LogP) is 4.42. The fourth-order valence-corrected chi connectivity index (χ4v) is 3.61. The predicted molar refractivity (Wildman–Crippen MR) is 107 cm³/mol. The Bertz CT molecular complexity index is 1180. The molecule has 0 spiro atoms. The van der Waals surface area contributed by atoms with Gasteiger partial charge in [0, 0.05) is 12.1 Å². The highest BCUT2D eigenvalue weighted by atomic mass is 19.4. The number of halogens is 3. The van der Waals surface area contributed by atoms with Gasteiger partial charge in [0.05, 0.1) is 17.8 Å². The molecule has 0 bridgehead atoms. The van der Waals surface area contributed by atoms with Crippen molar-refractivity contribution in [1.29, 1.82) is 0 Å². The van der Waals surface area contributed by atoms with Gasteiger partial charge >= 0.3 is 6.18 Å². The van der Waals surface area contributed by atoms with Crippen LogP contribution in [0, 0.1) is 0 Å². The largest absolute Gasteiger partial charge is 0.482 e. The number of rotatable bonds is 3. The van der Waals surface area contributed by atoms with Crippen molar-refractivity contribution < 1.29 is 32.2 Å². The first-order valence-corrected chi connectivity index (χ1v) is 9.83. The Kier molecular flexibility index (Phi) is 4.88. The van der Waals surface area contributed by atoms with Crippen molar-refractivity contribution in [3.05, 3.63) is 71.4 Å². The van der Waals surface area contributed by atoms with Gasteiger partial charge in [-0.2, -0.15) is 13.2 Å².